The van der Waals surface area contributed by atoms with Gasteiger partial charge < -0.3 is 20.3 Å². The number of H-pyrrole nitrogens is 1. The van der Waals surface area contributed by atoms with Crippen molar-refractivity contribution in [3.63, 3.8) is 0 Å². The highest BCUT2D eigenvalue weighted by molar-refractivity contribution is 14.1. The molecule has 2 aromatic heterocycles. The van der Waals surface area contributed by atoms with Gasteiger partial charge >= 0.3 is 5.69 Å². The minimum absolute atomic E-state index is 0.00841. The van der Waals surface area contributed by atoms with E-state index in [-0.39, 0.29) is 17.5 Å². The lowest BCUT2D eigenvalue weighted by Crippen LogP contribution is -2.39. The normalized spacial score (nSPS) is 14.4. The number of hydrogen-bond donors (Lipinski definition) is 3. The fraction of sp³-hybridized carbons (Fsp3) is 0.241. The van der Waals surface area contributed by atoms with Crippen LogP contribution in [0.15, 0.2) is 65.8 Å². The molecule has 1 fully saturated rings. The van der Waals surface area contributed by atoms with Crippen molar-refractivity contribution >= 4 is 39.2 Å². The second-order valence-corrected chi connectivity index (χ2v) is 10.8. The Bertz CT molecular complexity index is 1750. The maximum absolute atomic E-state index is 15.1. The summed E-state index contributed by atoms with van der Waals surface area (Å²) >= 11 is 2.24. The van der Waals surface area contributed by atoms with Crippen LogP contribution in [0.3, 0.4) is 0 Å². The molecule has 4 N–H and O–H groups in total. The summed E-state index contributed by atoms with van der Waals surface area (Å²) in [7, 11) is 1.70. The standard InChI is InChI=1S/C29H28FIN6O2/c1-35-8-9-37(29(35)39)26-3-2-17(10-19(26)15-31)22-13-20(30)14-23(28(22)38)18-11-25-24(16-33-34-25)27(12-18)36-6-4-21(32)5-7-36/h2-3,8-14,16,21,38H,4-7,15,32H2,1H3,(H,33,34). The number of piperidine rings is 1. The molecule has 0 bridgehead atoms. The molecule has 0 aliphatic carbocycles. The van der Waals surface area contributed by atoms with E-state index in [9.17, 15) is 9.90 Å². The van der Waals surface area contributed by atoms with E-state index in [2.05, 4.69) is 37.7 Å². The third-order valence-corrected chi connectivity index (χ3v) is 8.37. The summed E-state index contributed by atoms with van der Waals surface area (Å²) in [6.45, 7) is 1.64. The van der Waals surface area contributed by atoms with E-state index in [0.717, 1.165) is 53.8 Å². The maximum atomic E-state index is 15.1. The van der Waals surface area contributed by atoms with Gasteiger partial charge in [-0.15, -0.1) is 0 Å². The molecule has 3 aromatic carbocycles. The van der Waals surface area contributed by atoms with Gasteiger partial charge in [0.15, 0.2) is 0 Å². The summed E-state index contributed by atoms with van der Waals surface area (Å²) < 4.78 is 18.8. The number of nitrogens with one attached hydrogen (secondary N) is 1. The first-order chi connectivity index (χ1) is 18.8. The van der Waals surface area contributed by atoms with Crippen LogP contribution in [0.1, 0.15) is 18.4 Å². The number of imidazole rings is 1. The number of aromatic hydroxyl groups is 1. The summed E-state index contributed by atoms with van der Waals surface area (Å²) in [5, 5.41) is 19.7. The molecule has 3 heterocycles. The number of phenolic OH excluding ortho intramolecular Hbond substituents is 1. The molecule has 39 heavy (non-hydrogen) atoms. The van der Waals surface area contributed by atoms with Gasteiger partial charge in [0.2, 0.25) is 0 Å². The first kappa shape index (κ1) is 25.6. The van der Waals surface area contributed by atoms with Crippen molar-refractivity contribution in [2.45, 2.75) is 23.3 Å². The topological polar surface area (TPSA) is 105 Å². The Labute approximate surface area is 238 Å². The minimum Gasteiger partial charge on any atom is -0.507 e. The van der Waals surface area contributed by atoms with E-state index in [0.29, 0.717) is 26.7 Å². The van der Waals surface area contributed by atoms with Crippen LogP contribution in [0.2, 0.25) is 0 Å². The molecule has 0 unspecified atom stereocenters. The molecular formula is C29H28FIN6O2. The molecule has 1 aliphatic rings. The van der Waals surface area contributed by atoms with Gasteiger partial charge in [0.25, 0.3) is 0 Å². The van der Waals surface area contributed by atoms with Crippen molar-refractivity contribution in [2.75, 3.05) is 18.0 Å². The number of rotatable bonds is 5. The average Bonchev–Trinajstić information content (AvgIpc) is 3.55. The number of aromatic nitrogens is 4. The molecule has 10 heteroatoms. The Balaban J connectivity index is 1.46. The first-order valence-electron chi connectivity index (χ1n) is 12.8. The fourth-order valence-electron chi connectivity index (χ4n) is 5.37. The van der Waals surface area contributed by atoms with Gasteiger partial charge in [-0.25, -0.2) is 9.18 Å². The average molecular weight is 638 g/mol. The number of nitrogens with zero attached hydrogens (tertiary/aromatic N) is 4. The number of hydrogen-bond acceptors (Lipinski definition) is 5. The second-order valence-electron chi connectivity index (χ2n) is 10.0. The molecule has 1 aliphatic heterocycles. The molecule has 0 amide bonds. The van der Waals surface area contributed by atoms with Crippen molar-refractivity contribution < 1.29 is 9.50 Å². The van der Waals surface area contributed by atoms with Gasteiger partial charge in [-0.05, 0) is 65.9 Å². The molecule has 0 saturated carbocycles. The van der Waals surface area contributed by atoms with Crippen LogP contribution in [-0.2, 0) is 11.5 Å². The van der Waals surface area contributed by atoms with Crippen molar-refractivity contribution in [1.29, 1.82) is 0 Å². The smallest absolute Gasteiger partial charge is 0.332 e. The van der Waals surface area contributed by atoms with E-state index >= 15 is 4.39 Å². The van der Waals surface area contributed by atoms with Crippen LogP contribution >= 0.6 is 22.6 Å². The van der Waals surface area contributed by atoms with Gasteiger partial charge in [-0.1, -0.05) is 28.7 Å². The van der Waals surface area contributed by atoms with Crippen LogP contribution in [0.5, 0.6) is 5.75 Å². The zero-order valence-electron chi connectivity index (χ0n) is 21.4. The number of aryl methyl sites for hydroxylation is 1. The lowest BCUT2D eigenvalue weighted by Gasteiger charge is -2.32. The van der Waals surface area contributed by atoms with E-state index in [1.54, 1.807) is 30.2 Å². The largest absolute Gasteiger partial charge is 0.507 e. The Hall–Kier alpha value is -3.64. The molecule has 0 atom stereocenters. The fourth-order valence-corrected chi connectivity index (χ4v) is 5.98. The highest BCUT2D eigenvalue weighted by atomic mass is 127. The van der Waals surface area contributed by atoms with Crippen LogP contribution in [0.25, 0.3) is 38.8 Å². The number of halogens is 2. The maximum Gasteiger partial charge on any atom is 0.332 e. The highest BCUT2D eigenvalue weighted by Gasteiger charge is 2.22. The number of alkyl halides is 1. The lowest BCUT2D eigenvalue weighted by molar-refractivity contribution is 0.477. The minimum atomic E-state index is -0.451. The molecule has 1 saturated heterocycles. The number of phenols is 1. The second kappa shape index (κ2) is 10.2. The number of fused-ring (bicyclic) bond motifs is 1. The van der Waals surface area contributed by atoms with Crippen LogP contribution in [0, 0.1) is 5.82 Å². The predicted molar refractivity (Wildman–Crippen MR) is 160 cm³/mol. The highest BCUT2D eigenvalue weighted by Crippen LogP contribution is 2.42. The van der Waals surface area contributed by atoms with Crippen molar-refractivity contribution in [3.05, 3.63) is 82.9 Å². The summed E-state index contributed by atoms with van der Waals surface area (Å²) in [6.07, 6.45) is 7.02. The van der Waals surface area contributed by atoms with Crippen molar-refractivity contribution in [3.8, 4) is 33.7 Å². The SMILES string of the molecule is Cn1ccn(-c2ccc(-c3cc(F)cc(-c4cc(N5CCC(N)CC5)c5cn[nH]c5c4)c3O)cc2CI)c1=O. The monoisotopic (exact) mass is 638 g/mol. The van der Waals surface area contributed by atoms with E-state index in [4.69, 9.17) is 5.73 Å². The molecule has 8 nitrogen and oxygen atoms in total. The van der Waals surface area contributed by atoms with E-state index in [1.165, 1.54) is 16.7 Å². The van der Waals surface area contributed by atoms with Crippen LogP contribution in [0.4, 0.5) is 10.1 Å². The molecular weight excluding hydrogens is 610 g/mol. The van der Waals surface area contributed by atoms with Crippen LogP contribution < -0.4 is 16.3 Å². The Morgan fingerprint density at radius 1 is 1.08 bits per heavy atom. The van der Waals surface area contributed by atoms with Gasteiger partial charge in [-0.2, -0.15) is 5.10 Å². The quantitative estimate of drug-likeness (QED) is 0.184. The Morgan fingerprint density at radius 2 is 1.82 bits per heavy atom. The Kier molecular flexibility index (Phi) is 6.67. The first-order valence-corrected chi connectivity index (χ1v) is 14.3. The zero-order valence-corrected chi connectivity index (χ0v) is 23.5. The van der Waals surface area contributed by atoms with Crippen molar-refractivity contribution in [1.82, 2.24) is 19.3 Å². The predicted octanol–water partition coefficient (Wildman–Crippen LogP) is 5.09. The van der Waals surface area contributed by atoms with E-state index < -0.39 is 5.82 Å². The van der Waals surface area contributed by atoms with Gasteiger partial charge in [-0.3, -0.25) is 9.67 Å². The third kappa shape index (κ3) is 4.61. The molecule has 0 radical (unpaired) electrons. The molecule has 0 spiro atoms. The van der Waals surface area contributed by atoms with Crippen molar-refractivity contribution in [2.24, 2.45) is 12.8 Å². The van der Waals surface area contributed by atoms with Crippen LogP contribution in [-0.4, -0.2) is 43.6 Å². The number of aromatic amines is 1. The number of benzene rings is 3. The Morgan fingerprint density at radius 3 is 2.51 bits per heavy atom. The molecule has 5 aromatic rings. The van der Waals surface area contributed by atoms with Gasteiger partial charge in [0.05, 0.1) is 17.4 Å². The number of anilines is 1. The van der Waals surface area contributed by atoms with Gasteiger partial charge in [0.1, 0.15) is 11.6 Å². The third-order valence-electron chi connectivity index (χ3n) is 7.54. The molecule has 6 rings (SSSR count). The van der Waals surface area contributed by atoms with E-state index in [1.807, 2.05) is 30.3 Å². The summed E-state index contributed by atoms with van der Waals surface area (Å²) in [5.74, 6) is -0.460. The lowest BCUT2D eigenvalue weighted by atomic mass is 9.94. The number of nitrogens with two attached hydrogens (primary N) is 1. The zero-order chi connectivity index (χ0) is 27.3. The summed E-state index contributed by atoms with van der Waals surface area (Å²) in [4.78, 5) is 14.8. The summed E-state index contributed by atoms with van der Waals surface area (Å²) in [6, 6.07) is 12.3. The summed E-state index contributed by atoms with van der Waals surface area (Å²) in [5.41, 5.74) is 11.6. The van der Waals surface area contributed by atoms with Gasteiger partial charge in [0, 0.05) is 65.2 Å². The molecule has 200 valence electrons.